The summed E-state index contributed by atoms with van der Waals surface area (Å²) in [5.74, 6) is -0.240. The highest BCUT2D eigenvalue weighted by molar-refractivity contribution is 5.82. The highest BCUT2D eigenvalue weighted by Crippen LogP contribution is 2.19. The molecule has 0 radical (unpaired) electrons. The minimum Gasteiger partial charge on any atom is -0.469 e. The first kappa shape index (κ1) is 17.0. The highest BCUT2D eigenvalue weighted by Gasteiger charge is 2.20. The highest BCUT2D eigenvalue weighted by atomic mass is 16.5. The van der Waals surface area contributed by atoms with Crippen LogP contribution in [0.2, 0.25) is 0 Å². The molecule has 0 spiro atoms. The summed E-state index contributed by atoms with van der Waals surface area (Å²) in [5, 5.41) is 3.16. The number of carbonyl (C=O) groups excluding carboxylic acids is 2. The normalized spacial score (nSPS) is 13.1. The third kappa shape index (κ3) is 4.18. The van der Waals surface area contributed by atoms with Crippen LogP contribution >= 0.6 is 0 Å². The van der Waals surface area contributed by atoms with E-state index >= 15 is 0 Å². The van der Waals surface area contributed by atoms with Crippen molar-refractivity contribution in [3.8, 4) is 0 Å². The van der Waals surface area contributed by atoms with Crippen molar-refractivity contribution in [1.82, 2.24) is 4.90 Å². The number of hydrogen-bond acceptors (Lipinski definition) is 4. The van der Waals surface area contributed by atoms with Crippen molar-refractivity contribution < 1.29 is 14.3 Å². The van der Waals surface area contributed by atoms with Crippen molar-refractivity contribution in [2.45, 2.75) is 19.4 Å². The smallest absolute Gasteiger partial charge is 0.310 e. The lowest BCUT2D eigenvalue weighted by Gasteiger charge is -2.29. The first-order valence-electron chi connectivity index (χ1n) is 8.40. The monoisotopic (exact) mass is 338 g/mol. The number of rotatable bonds is 5. The number of benzene rings is 2. The predicted molar refractivity (Wildman–Crippen MR) is 96.2 cm³/mol. The van der Waals surface area contributed by atoms with Crippen LogP contribution in [0, 0.1) is 0 Å². The maximum Gasteiger partial charge on any atom is 0.310 e. The van der Waals surface area contributed by atoms with Crippen LogP contribution < -0.4 is 5.32 Å². The van der Waals surface area contributed by atoms with Gasteiger partial charge in [-0.2, -0.15) is 0 Å². The lowest BCUT2D eigenvalue weighted by molar-refractivity contribution is -0.139. The van der Waals surface area contributed by atoms with E-state index in [0.29, 0.717) is 6.54 Å². The van der Waals surface area contributed by atoms with E-state index in [2.05, 4.69) is 17.4 Å². The van der Waals surface area contributed by atoms with Gasteiger partial charge in [-0.1, -0.05) is 42.5 Å². The molecule has 1 heterocycles. The number of ether oxygens (including phenoxy) is 1. The van der Waals surface area contributed by atoms with E-state index in [-0.39, 0.29) is 24.8 Å². The van der Waals surface area contributed by atoms with E-state index in [4.69, 9.17) is 4.74 Å². The maximum absolute atomic E-state index is 12.5. The maximum atomic E-state index is 12.5. The molecule has 0 saturated carbocycles. The molecule has 0 atom stereocenters. The first-order valence-corrected chi connectivity index (χ1v) is 8.40. The fourth-order valence-electron chi connectivity index (χ4n) is 3.07. The van der Waals surface area contributed by atoms with Gasteiger partial charge in [0.2, 0.25) is 5.91 Å². The van der Waals surface area contributed by atoms with E-state index in [9.17, 15) is 9.59 Å². The zero-order valence-corrected chi connectivity index (χ0v) is 14.3. The van der Waals surface area contributed by atoms with Gasteiger partial charge in [0, 0.05) is 18.8 Å². The fourth-order valence-corrected chi connectivity index (χ4v) is 3.07. The van der Waals surface area contributed by atoms with Gasteiger partial charge in [-0.25, -0.2) is 0 Å². The van der Waals surface area contributed by atoms with Crippen LogP contribution in [0.3, 0.4) is 0 Å². The van der Waals surface area contributed by atoms with Gasteiger partial charge in [0.1, 0.15) is 0 Å². The topological polar surface area (TPSA) is 58.6 Å². The Hall–Kier alpha value is -2.82. The second kappa shape index (κ2) is 7.83. The Morgan fingerprint density at radius 1 is 1.08 bits per heavy atom. The molecule has 130 valence electrons. The minimum absolute atomic E-state index is 0.0578. The summed E-state index contributed by atoms with van der Waals surface area (Å²) < 4.78 is 4.72. The van der Waals surface area contributed by atoms with E-state index < -0.39 is 0 Å². The zero-order chi connectivity index (χ0) is 17.6. The van der Waals surface area contributed by atoms with Crippen molar-refractivity contribution in [3.63, 3.8) is 0 Å². The molecule has 0 fully saturated rings. The number of fused-ring (bicyclic) bond motifs is 1. The molecular formula is C20H22N2O3. The van der Waals surface area contributed by atoms with E-state index in [1.54, 1.807) is 0 Å². The molecular weight excluding hydrogens is 316 g/mol. The lowest BCUT2D eigenvalue weighted by atomic mass is 10.00. The molecule has 25 heavy (non-hydrogen) atoms. The van der Waals surface area contributed by atoms with Gasteiger partial charge in [0.15, 0.2) is 0 Å². The molecule has 0 aliphatic carbocycles. The molecule has 2 aromatic carbocycles. The molecule has 0 saturated heterocycles. The van der Waals surface area contributed by atoms with Crippen LogP contribution in [-0.4, -0.2) is 37.0 Å². The zero-order valence-electron chi connectivity index (χ0n) is 14.3. The number of anilines is 1. The Morgan fingerprint density at radius 3 is 2.60 bits per heavy atom. The van der Waals surface area contributed by atoms with Gasteiger partial charge < -0.3 is 15.0 Å². The van der Waals surface area contributed by atoms with Crippen LogP contribution in [0.15, 0.2) is 48.5 Å². The van der Waals surface area contributed by atoms with Crippen LogP contribution in [0.25, 0.3) is 0 Å². The average Bonchev–Trinajstić information content (AvgIpc) is 2.66. The Morgan fingerprint density at radius 2 is 1.80 bits per heavy atom. The van der Waals surface area contributed by atoms with Crippen LogP contribution in [0.4, 0.5) is 5.69 Å². The Balaban J connectivity index is 1.61. The molecule has 1 aliphatic rings. The summed E-state index contributed by atoms with van der Waals surface area (Å²) in [6.07, 6.45) is 1.08. The molecule has 0 aromatic heterocycles. The largest absolute Gasteiger partial charge is 0.469 e. The lowest BCUT2D eigenvalue weighted by Crippen LogP contribution is -2.39. The van der Waals surface area contributed by atoms with Gasteiger partial charge in [-0.15, -0.1) is 0 Å². The first-order chi connectivity index (χ1) is 12.2. The molecule has 1 aliphatic heterocycles. The SMILES string of the molecule is COC(=O)Cc1ccccc1NCC(=O)N1CCc2ccccc2C1. The molecule has 0 unspecified atom stereocenters. The summed E-state index contributed by atoms with van der Waals surface area (Å²) in [6.45, 7) is 1.60. The summed E-state index contributed by atoms with van der Waals surface area (Å²) in [4.78, 5) is 25.9. The van der Waals surface area contributed by atoms with Gasteiger partial charge in [0.25, 0.3) is 0 Å². The number of nitrogens with zero attached hydrogens (tertiary/aromatic N) is 1. The van der Waals surface area contributed by atoms with E-state index in [0.717, 1.165) is 24.2 Å². The number of esters is 1. The van der Waals surface area contributed by atoms with Crippen molar-refractivity contribution in [2.24, 2.45) is 0 Å². The number of nitrogens with one attached hydrogen (secondary N) is 1. The number of hydrogen-bond donors (Lipinski definition) is 1. The Bertz CT molecular complexity index is 773. The standard InChI is InChI=1S/C20H22N2O3/c1-25-20(24)12-16-7-4-5-9-18(16)21-13-19(23)22-11-10-15-6-2-3-8-17(15)14-22/h2-9,21H,10-14H2,1H3. The number of methoxy groups -OCH3 is 1. The minimum atomic E-state index is -0.298. The summed E-state index contributed by atoms with van der Waals surface area (Å²) in [5.41, 5.74) is 4.15. The molecule has 1 N–H and O–H groups in total. The van der Waals surface area contributed by atoms with Gasteiger partial charge >= 0.3 is 5.97 Å². The Labute approximate surface area is 147 Å². The van der Waals surface area contributed by atoms with Gasteiger partial charge in [-0.3, -0.25) is 9.59 Å². The predicted octanol–water partition coefficient (Wildman–Crippen LogP) is 2.40. The number of amides is 1. The molecule has 3 rings (SSSR count). The second-order valence-corrected chi connectivity index (χ2v) is 6.10. The quantitative estimate of drug-likeness (QED) is 0.851. The fraction of sp³-hybridized carbons (Fsp3) is 0.300. The molecule has 1 amide bonds. The summed E-state index contributed by atoms with van der Waals surface area (Å²) in [7, 11) is 1.37. The van der Waals surface area contributed by atoms with Crippen LogP contribution in [-0.2, 0) is 33.7 Å². The van der Waals surface area contributed by atoms with Crippen LogP contribution in [0.5, 0.6) is 0 Å². The van der Waals surface area contributed by atoms with E-state index in [1.807, 2.05) is 41.3 Å². The average molecular weight is 338 g/mol. The molecule has 0 bridgehead atoms. The van der Waals surface area contributed by atoms with Crippen molar-refractivity contribution in [1.29, 1.82) is 0 Å². The van der Waals surface area contributed by atoms with E-state index in [1.165, 1.54) is 18.2 Å². The third-order valence-corrected chi connectivity index (χ3v) is 4.49. The number of para-hydroxylation sites is 1. The Kier molecular flexibility index (Phi) is 5.33. The second-order valence-electron chi connectivity index (χ2n) is 6.10. The summed E-state index contributed by atoms with van der Waals surface area (Å²) in [6, 6.07) is 15.7. The summed E-state index contributed by atoms with van der Waals surface area (Å²) >= 11 is 0. The van der Waals surface area contributed by atoms with Gasteiger partial charge in [0.05, 0.1) is 20.1 Å². The number of carbonyl (C=O) groups is 2. The van der Waals surface area contributed by atoms with Gasteiger partial charge in [-0.05, 0) is 29.2 Å². The molecule has 2 aromatic rings. The van der Waals surface area contributed by atoms with Crippen LogP contribution in [0.1, 0.15) is 16.7 Å². The van der Waals surface area contributed by atoms with Crippen molar-refractivity contribution in [2.75, 3.05) is 25.5 Å². The third-order valence-electron chi connectivity index (χ3n) is 4.49. The molecule has 5 heteroatoms. The molecule has 5 nitrogen and oxygen atoms in total. The van der Waals surface area contributed by atoms with Crippen molar-refractivity contribution in [3.05, 3.63) is 65.2 Å². The van der Waals surface area contributed by atoms with Crippen molar-refractivity contribution >= 4 is 17.6 Å².